The van der Waals surface area contributed by atoms with Gasteiger partial charge in [0.15, 0.2) is 0 Å². The van der Waals surface area contributed by atoms with Gasteiger partial charge in [0.25, 0.3) is 0 Å². The Kier molecular flexibility index (Phi) is 6.62. The van der Waals surface area contributed by atoms with Crippen LogP contribution in [-0.4, -0.2) is 30.7 Å². The van der Waals surface area contributed by atoms with E-state index in [0.717, 1.165) is 36.8 Å². The molecule has 1 fully saturated rings. The lowest BCUT2D eigenvalue weighted by Gasteiger charge is -2.28. The minimum atomic E-state index is -0.617. The van der Waals surface area contributed by atoms with E-state index in [1.807, 2.05) is 19.9 Å². The zero-order valence-electron chi connectivity index (χ0n) is 16.5. The molecule has 6 heteroatoms. The van der Waals surface area contributed by atoms with Crippen LogP contribution in [0, 0.1) is 12.7 Å². The third kappa shape index (κ3) is 4.50. The number of carbonyl (C=O) groups excluding carboxylic acids is 1. The molecule has 5 nitrogen and oxygen atoms in total. The number of nitrogens with zero attached hydrogens (tertiary/aromatic N) is 1. The summed E-state index contributed by atoms with van der Waals surface area (Å²) in [5.41, 5.74) is 1.72. The number of halogens is 1. The van der Waals surface area contributed by atoms with E-state index in [0.29, 0.717) is 31.4 Å². The van der Waals surface area contributed by atoms with Crippen LogP contribution in [0.2, 0.25) is 0 Å². The van der Waals surface area contributed by atoms with E-state index in [9.17, 15) is 9.18 Å². The number of amides is 1. The van der Waals surface area contributed by atoms with Crippen molar-refractivity contribution in [2.24, 2.45) is 0 Å². The van der Waals surface area contributed by atoms with Crippen LogP contribution in [0.1, 0.15) is 43.7 Å². The average molecular weight is 386 g/mol. The average Bonchev–Trinajstić information content (AvgIpc) is 3.18. The van der Waals surface area contributed by atoms with E-state index in [-0.39, 0.29) is 11.7 Å². The molecule has 150 valence electrons. The van der Waals surface area contributed by atoms with Crippen molar-refractivity contribution in [1.82, 2.24) is 4.98 Å². The van der Waals surface area contributed by atoms with Crippen molar-refractivity contribution in [3.63, 3.8) is 0 Å². The lowest BCUT2D eigenvalue weighted by molar-refractivity contribution is -0.121. The van der Waals surface area contributed by atoms with Gasteiger partial charge in [0.1, 0.15) is 12.4 Å². The maximum atomic E-state index is 13.3. The molecule has 1 aliphatic rings. The molecule has 0 bridgehead atoms. The quantitative estimate of drug-likeness (QED) is 0.684. The first-order valence-corrected chi connectivity index (χ1v) is 9.80. The van der Waals surface area contributed by atoms with E-state index < -0.39 is 5.41 Å². The molecule has 1 N–H and O–H groups in total. The molecular weight excluding hydrogens is 359 g/mol. The van der Waals surface area contributed by atoms with E-state index in [4.69, 9.17) is 9.47 Å². The Morgan fingerprint density at radius 2 is 1.93 bits per heavy atom. The summed E-state index contributed by atoms with van der Waals surface area (Å²) in [6.07, 6.45) is 5.09. The number of ether oxygens (including phenoxy) is 2. The van der Waals surface area contributed by atoms with Gasteiger partial charge in [-0.2, -0.15) is 0 Å². The first-order valence-electron chi connectivity index (χ1n) is 9.80. The number of hydrogen-bond donors (Lipinski definition) is 1. The number of hydrogen-bond acceptors (Lipinski definition) is 4. The van der Waals surface area contributed by atoms with Crippen molar-refractivity contribution in [1.29, 1.82) is 0 Å². The zero-order valence-corrected chi connectivity index (χ0v) is 16.5. The Morgan fingerprint density at radius 3 is 2.57 bits per heavy atom. The highest BCUT2D eigenvalue weighted by atomic mass is 19.1. The second kappa shape index (κ2) is 9.15. The number of aryl methyl sites for hydroxylation is 1. The van der Waals surface area contributed by atoms with Gasteiger partial charge in [-0.1, -0.05) is 25.0 Å². The van der Waals surface area contributed by atoms with E-state index in [1.165, 1.54) is 12.1 Å². The van der Waals surface area contributed by atoms with Gasteiger partial charge in [-0.15, -0.1) is 0 Å². The summed E-state index contributed by atoms with van der Waals surface area (Å²) >= 11 is 0. The topological polar surface area (TPSA) is 60.5 Å². The molecule has 0 aliphatic heterocycles. The van der Waals surface area contributed by atoms with Gasteiger partial charge >= 0.3 is 0 Å². The van der Waals surface area contributed by atoms with Gasteiger partial charge < -0.3 is 14.8 Å². The lowest BCUT2D eigenvalue weighted by Crippen LogP contribution is -2.38. The SMILES string of the molecule is CCOCCOc1ncc(NC(=O)C2(c3ccc(F)cc3)CCCC2)cc1C. The number of benzene rings is 1. The molecule has 0 atom stereocenters. The second-order valence-corrected chi connectivity index (χ2v) is 7.14. The number of carbonyl (C=O) groups is 1. The van der Waals surface area contributed by atoms with Gasteiger partial charge in [0.2, 0.25) is 11.8 Å². The summed E-state index contributed by atoms with van der Waals surface area (Å²) in [7, 11) is 0. The molecule has 1 heterocycles. The third-order valence-electron chi connectivity index (χ3n) is 5.25. The summed E-state index contributed by atoms with van der Waals surface area (Å²) in [5, 5.41) is 3.01. The molecule has 1 aliphatic carbocycles. The maximum Gasteiger partial charge on any atom is 0.235 e. The number of nitrogens with one attached hydrogen (secondary N) is 1. The predicted molar refractivity (Wildman–Crippen MR) is 106 cm³/mol. The predicted octanol–water partition coefficient (Wildman–Crippen LogP) is 4.39. The molecule has 0 spiro atoms. The standard InChI is InChI=1S/C22H27FN2O3/c1-3-27-12-13-28-20-16(2)14-19(15-24-20)25-21(26)22(10-4-5-11-22)17-6-8-18(23)9-7-17/h6-9,14-15H,3-5,10-13H2,1-2H3,(H,25,26). The number of aromatic nitrogens is 1. The molecule has 0 unspecified atom stereocenters. The van der Waals surface area contributed by atoms with E-state index in [2.05, 4.69) is 10.3 Å². The second-order valence-electron chi connectivity index (χ2n) is 7.14. The van der Waals surface area contributed by atoms with Gasteiger partial charge in [0.05, 0.1) is 23.9 Å². The fourth-order valence-corrected chi connectivity index (χ4v) is 3.77. The Morgan fingerprint density at radius 1 is 1.21 bits per heavy atom. The number of pyridine rings is 1. The third-order valence-corrected chi connectivity index (χ3v) is 5.25. The molecule has 1 amide bonds. The van der Waals surface area contributed by atoms with Crippen molar-refractivity contribution in [2.45, 2.75) is 44.9 Å². The van der Waals surface area contributed by atoms with E-state index >= 15 is 0 Å². The molecule has 0 radical (unpaired) electrons. The van der Waals surface area contributed by atoms with Crippen molar-refractivity contribution < 1.29 is 18.7 Å². The fourth-order valence-electron chi connectivity index (χ4n) is 3.77. The Balaban J connectivity index is 1.72. The van der Waals surface area contributed by atoms with Crippen LogP contribution < -0.4 is 10.1 Å². The highest BCUT2D eigenvalue weighted by molar-refractivity contribution is 5.99. The van der Waals surface area contributed by atoms with Crippen LogP contribution in [0.4, 0.5) is 10.1 Å². The Bertz CT molecular complexity index is 802. The summed E-state index contributed by atoms with van der Waals surface area (Å²) in [4.78, 5) is 17.5. The summed E-state index contributed by atoms with van der Waals surface area (Å²) in [6.45, 7) is 5.42. The Hall–Kier alpha value is -2.47. The number of rotatable bonds is 8. The van der Waals surface area contributed by atoms with Gasteiger partial charge in [-0.25, -0.2) is 9.37 Å². The number of anilines is 1. The summed E-state index contributed by atoms with van der Waals surface area (Å²) in [5.74, 6) is 0.173. The molecule has 3 rings (SSSR count). The van der Waals surface area contributed by atoms with Crippen LogP contribution in [-0.2, 0) is 14.9 Å². The zero-order chi connectivity index (χ0) is 20.0. The maximum absolute atomic E-state index is 13.3. The smallest absolute Gasteiger partial charge is 0.235 e. The van der Waals surface area contributed by atoms with Crippen molar-refractivity contribution >= 4 is 11.6 Å². The van der Waals surface area contributed by atoms with Crippen LogP contribution in [0.5, 0.6) is 5.88 Å². The normalized spacial score (nSPS) is 15.4. The monoisotopic (exact) mass is 386 g/mol. The molecule has 1 aromatic heterocycles. The van der Waals surface area contributed by atoms with Gasteiger partial charge in [-0.05, 0) is 50.5 Å². The molecular formula is C22H27FN2O3. The fraction of sp³-hybridized carbons (Fsp3) is 0.455. The first kappa shape index (κ1) is 20.3. The molecule has 28 heavy (non-hydrogen) atoms. The Labute approximate surface area is 165 Å². The minimum absolute atomic E-state index is 0.0668. The van der Waals surface area contributed by atoms with Crippen LogP contribution in [0.15, 0.2) is 36.5 Å². The minimum Gasteiger partial charge on any atom is -0.475 e. The van der Waals surface area contributed by atoms with E-state index in [1.54, 1.807) is 18.3 Å². The van der Waals surface area contributed by atoms with Crippen molar-refractivity contribution in [3.8, 4) is 5.88 Å². The summed E-state index contributed by atoms with van der Waals surface area (Å²) < 4.78 is 24.2. The summed E-state index contributed by atoms with van der Waals surface area (Å²) in [6, 6.07) is 8.14. The molecule has 1 saturated carbocycles. The van der Waals surface area contributed by atoms with Gasteiger partial charge in [-0.3, -0.25) is 4.79 Å². The van der Waals surface area contributed by atoms with Crippen LogP contribution in [0.25, 0.3) is 0 Å². The van der Waals surface area contributed by atoms with Crippen molar-refractivity contribution in [2.75, 3.05) is 25.1 Å². The largest absolute Gasteiger partial charge is 0.475 e. The molecule has 0 saturated heterocycles. The molecule has 1 aromatic carbocycles. The molecule has 2 aromatic rings. The lowest BCUT2D eigenvalue weighted by atomic mass is 9.78. The van der Waals surface area contributed by atoms with Crippen molar-refractivity contribution in [3.05, 3.63) is 53.5 Å². The highest BCUT2D eigenvalue weighted by Crippen LogP contribution is 2.42. The van der Waals surface area contributed by atoms with Crippen LogP contribution in [0.3, 0.4) is 0 Å². The van der Waals surface area contributed by atoms with Gasteiger partial charge in [0, 0.05) is 12.2 Å². The first-order chi connectivity index (χ1) is 13.5. The van der Waals surface area contributed by atoms with Crippen LogP contribution >= 0.6 is 0 Å². The highest BCUT2D eigenvalue weighted by Gasteiger charge is 2.42.